The standard InChI is InChI=1S/C19H18N4O3S.C16H12N4O3S.C15H11N5O2S.3CH4.Ar/c1-3-4-9-26-17-14-15-16(27-18(14)21-10-20-17)19(24)23(11-22-15)12-5-7-13(25-2)8-6-12;1-22-10-5-3-9(4-6-10)20-8-19-12-11-14(23-2)17-7-18-15(11)24-13(12)16(20)21;1-22-9-4-2-8(3-5-9)20-7-19-11-10-13(16)17-6-18-14(10)23-12(11)15(20)21;;;;/h5-8,10-11H,3-4,9H2,1-2H3;3-8H,1-2H3;2-7H,1H3,(H2,16,17,18);3*1H4;. The molecule has 0 aliphatic rings. The van der Waals surface area contributed by atoms with Gasteiger partial charge in [-0.2, -0.15) is 0 Å². The number of thiophene rings is 3. The van der Waals surface area contributed by atoms with Crippen LogP contribution in [0.3, 0.4) is 0 Å². The molecule has 0 aliphatic heterocycles. The largest absolute Gasteiger partial charge is 0.497 e. The molecule has 0 bridgehead atoms. The normalized spacial score (nSPS) is 10.6. The number of fused-ring (bicyclic) bond motifs is 9. The molecule has 9 heterocycles. The summed E-state index contributed by atoms with van der Waals surface area (Å²) < 4.78 is 32.6. The van der Waals surface area contributed by atoms with Crippen LogP contribution >= 0.6 is 34.0 Å². The van der Waals surface area contributed by atoms with E-state index < -0.39 is 0 Å². The first-order valence-electron chi connectivity index (χ1n) is 22.4. The predicted octanol–water partition coefficient (Wildman–Crippen LogP) is 9.88. The number of benzene rings is 3. The van der Waals surface area contributed by atoms with Crippen LogP contribution < -0.4 is 46.1 Å². The molecule has 0 atom stereocenters. The first-order chi connectivity index (χ1) is 36.1. The van der Waals surface area contributed by atoms with Gasteiger partial charge in [0, 0.05) is 37.7 Å². The van der Waals surface area contributed by atoms with Crippen LogP contribution in [0.4, 0.5) is 5.82 Å². The van der Waals surface area contributed by atoms with Gasteiger partial charge in [-0.15, -0.1) is 34.0 Å². The number of ether oxygens (including phenoxy) is 5. The number of nitrogens with two attached hydrogens (primary N) is 1. The maximum Gasteiger partial charge on any atom is 0.275 e. The summed E-state index contributed by atoms with van der Waals surface area (Å²) >= 11 is 3.86. The Hall–Kier alpha value is -7.74. The van der Waals surface area contributed by atoms with Crippen molar-refractivity contribution in [3.05, 3.63) is 142 Å². The molecule has 0 aliphatic carbocycles. The Morgan fingerprint density at radius 3 is 1.18 bits per heavy atom. The maximum atomic E-state index is 13.0. The number of hydrogen-bond acceptors (Lipinski definition) is 21. The van der Waals surface area contributed by atoms with Crippen molar-refractivity contribution in [3.63, 3.8) is 0 Å². The minimum atomic E-state index is -0.164. The molecule has 0 radical (unpaired) electrons. The third kappa shape index (κ3) is 11.4. The molecule has 21 nitrogen and oxygen atoms in total. The Balaban J connectivity index is 0.000000185. The maximum absolute atomic E-state index is 13.0. The smallest absolute Gasteiger partial charge is 0.275 e. The van der Waals surface area contributed by atoms with E-state index in [1.165, 1.54) is 92.8 Å². The third-order valence-electron chi connectivity index (χ3n) is 11.5. The SMILES string of the molecule is C.C.C.CCCCOc1ncnc2sc3c(=O)n(-c4ccc(OC)cc4)cnc3c12.COc1ccc(-n2cnc3c(sc4ncnc(N)c43)c2=O)cc1.COc1ccc(-n2cnc3c(sc4ncnc(OC)c43)c2=O)cc1.[Ar]. The van der Waals surface area contributed by atoms with Gasteiger partial charge in [-0.25, -0.2) is 44.9 Å². The summed E-state index contributed by atoms with van der Waals surface area (Å²) in [7, 11) is 6.33. The first-order valence-corrected chi connectivity index (χ1v) is 24.9. The number of nitrogen functional groups attached to an aromatic ring is 1. The van der Waals surface area contributed by atoms with Crippen molar-refractivity contribution in [2.75, 3.05) is 40.8 Å². The summed E-state index contributed by atoms with van der Waals surface area (Å²) in [6.07, 6.45) is 10.8. The minimum absolute atomic E-state index is 0. The number of methoxy groups -OCH3 is 4. The van der Waals surface area contributed by atoms with E-state index in [-0.39, 0.29) is 76.7 Å². The zero-order chi connectivity index (χ0) is 51.5. The molecule has 0 amide bonds. The first kappa shape index (κ1) is 59.5. The second-order valence-corrected chi connectivity index (χ2v) is 18.8. The van der Waals surface area contributed by atoms with E-state index in [0.29, 0.717) is 96.9 Å². The minimum Gasteiger partial charge on any atom is -0.497 e. The van der Waals surface area contributed by atoms with Crippen LogP contribution in [0.1, 0.15) is 42.0 Å². The summed E-state index contributed by atoms with van der Waals surface area (Å²) in [5.41, 5.74) is 9.25. The van der Waals surface area contributed by atoms with Gasteiger partial charge in [0.1, 0.15) is 117 Å². The second-order valence-electron chi connectivity index (χ2n) is 15.8. The fraction of sp³-hybridized carbons (Fsp3) is 0.208. The molecule has 0 saturated heterocycles. The van der Waals surface area contributed by atoms with Crippen molar-refractivity contribution in [3.8, 4) is 46.1 Å². The van der Waals surface area contributed by atoms with Crippen molar-refractivity contribution in [1.82, 2.24) is 58.6 Å². The molecule has 0 fully saturated rings. The number of hydrogen-bond donors (Lipinski definition) is 1. The molecule has 3 aromatic carbocycles. The molecule has 25 heteroatoms. The number of anilines is 1. The molecule has 0 spiro atoms. The van der Waals surface area contributed by atoms with Gasteiger partial charge < -0.3 is 29.4 Å². The van der Waals surface area contributed by atoms with Crippen LogP contribution in [-0.4, -0.2) is 93.6 Å². The van der Waals surface area contributed by atoms with Gasteiger partial charge >= 0.3 is 0 Å². The van der Waals surface area contributed by atoms with E-state index in [9.17, 15) is 14.4 Å². The van der Waals surface area contributed by atoms with E-state index in [2.05, 4.69) is 51.8 Å². The van der Waals surface area contributed by atoms with Crippen molar-refractivity contribution in [2.45, 2.75) is 42.0 Å². The summed E-state index contributed by atoms with van der Waals surface area (Å²) in [6, 6.07) is 21.6. The van der Waals surface area contributed by atoms with E-state index in [4.69, 9.17) is 29.4 Å². The number of rotatable bonds is 11. The van der Waals surface area contributed by atoms with Crippen molar-refractivity contribution < 1.29 is 61.4 Å². The summed E-state index contributed by atoms with van der Waals surface area (Å²) in [5, 5.41) is 2.00. The average molecular weight is 1140 g/mol. The molecular weight excluding hydrogens is 1080 g/mol. The van der Waals surface area contributed by atoms with Crippen molar-refractivity contribution in [2.24, 2.45) is 0 Å². The topological polar surface area (TPSA) is 254 Å². The van der Waals surface area contributed by atoms with Gasteiger partial charge in [0.2, 0.25) is 11.8 Å². The van der Waals surface area contributed by atoms with E-state index in [1.54, 1.807) is 57.7 Å². The summed E-state index contributed by atoms with van der Waals surface area (Å²) in [4.78, 5) is 79.0. The Morgan fingerprint density at radius 1 is 0.462 bits per heavy atom. The van der Waals surface area contributed by atoms with E-state index in [0.717, 1.165) is 35.8 Å². The molecule has 12 aromatic rings. The van der Waals surface area contributed by atoms with Crippen LogP contribution in [0.5, 0.6) is 29.0 Å². The van der Waals surface area contributed by atoms with Gasteiger partial charge in [0.25, 0.3) is 16.7 Å². The molecule has 404 valence electrons. The fourth-order valence-corrected chi connectivity index (χ4v) is 10.8. The van der Waals surface area contributed by atoms with E-state index in [1.807, 2.05) is 36.4 Å². The number of aromatic nitrogens is 12. The third-order valence-corrected chi connectivity index (χ3v) is 14.7. The average Bonchev–Trinajstić information content (AvgIpc) is 4.38. The Morgan fingerprint density at radius 2 is 0.808 bits per heavy atom. The van der Waals surface area contributed by atoms with E-state index >= 15 is 0 Å². The Bertz CT molecular complexity index is 4210. The van der Waals surface area contributed by atoms with Crippen molar-refractivity contribution in [1.29, 1.82) is 0 Å². The van der Waals surface area contributed by atoms with Gasteiger partial charge in [0.15, 0.2) is 0 Å². The van der Waals surface area contributed by atoms with Crippen LogP contribution in [0, 0.1) is 37.7 Å². The molecule has 0 unspecified atom stereocenters. The zero-order valence-corrected chi connectivity index (χ0v) is 43.5. The molecule has 9 aromatic heterocycles. The monoisotopic (exact) mass is 1140 g/mol. The fourth-order valence-electron chi connectivity index (χ4n) is 7.72. The molecular formula is C53H53ArN13O8S3. The Labute approximate surface area is 488 Å². The Kier molecular flexibility index (Phi) is 19.9. The molecule has 2 N–H and O–H groups in total. The molecule has 0 saturated carbocycles. The quantitative estimate of drug-likeness (QED) is 0.118. The van der Waals surface area contributed by atoms with Crippen LogP contribution in [0.25, 0.3) is 78.4 Å². The zero-order valence-electron chi connectivity index (χ0n) is 40.3. The van der Waals surface area contributed by atoms with Gasteiger partial charge in [-0.05, 0) is 79.2 Å². The van der Waals surface area contributed by atoms with Gasteiger partial charge in [-0.3, -0.25) is 28.1 Å². The van der Waals surface area contributed by atoms with Gasteiger partial charge in [0.05, 0.1) is 57.5 Å². The number of nitrogens with zero attached hydrogens (tertiary/aromatic N) is 12. The predicted molar refractivity (Wildman–Crippen MR) is 306 cm³/mol. The summed E-state index contributed by atoms with van der Waals surface area (Å²) in [5.74, 6) is 3.40. The number of unbranched alkanes of at least 4 members (excludes halogenated alkanes) is 1. The molecule has 12 rings (SSSR count). The summed E-state index contributed by atoms with van der Waals surface area (Å²) in [6.45, 7) is 2.67. The van der Waals surface area contributed by atoms with Crippen LogP contribution in [0.2, 0.25) is 0 Å². The van der Waals surface area contributed by atoms with Crippen LogP contribution in [-0.2, 0) is 0 Å². The molecule has 78 heavy (non-hydrogen) atoms. The van der Waals surface area contributed by atoms with Crippen LogP contribution in [0.15, 0.2) is 125 Å². The van der Waals surface area contributed by atoms with Crippen molar-refractivity contribution >= 4 is 101 Å². The second kappa shape index (κ2) is 26.1. The van der Waals surface area contributed by atoms with Gasteiger partial charge in [-0.1, -0.05) is 35.6 Å².